The molecule has 1 aromatic carbocycles. The van der Waals surface area contributed by atoms with Crippen LogP contribution in [-0.4, -0.2) is 20.0 Å². The first kappa shape index (κ1) is 12.2. The number of aromatic nitrogens is 1. The molecule has 1 aromatic heterocycles. The fourth-order valence-corrected chi connectivity index (χ4v) is 1.59. The zero-order valence-electron chi connectivity index (χ0n) is 10.3. The van der Waals surface area contributed by atoms with Gasteiger partial charge in [0.15, 0.2) is 12.4 Å². The molecule has 2 aromatic rings. The molecule has 0 radical (unpaired) electrons. The lowest BCUT2D eigenvalue weighted by Crippen LogP contribution is -2.42. The predicted octanol–water partition coefficient (Wildman–Crippen LogP) is 1.87. The Balaban J connectivity index is 2.26. The molecule has 92 valence electrons. The van der Waals surface area contributed by atoms with Crippen LogP contribution in [0.15, 0.2) is 48.8 Å². The molecule has 0 saturated carbocycles. The molecule has 4 heteroatoms. The molecule has 0 unspecified atom stereocenters. The van der Waals surface area contributed by atoms with Crippen molar-refractivity contribution >= 4 is 11.6 Å². The molecule has 0 atom stereocenters. The van der Waals surface area contributed by atoms with Crippen LogP contribution in [0.4, 0.5) is 10.1 Å². The van der Waals surface area contributed by atoms with Gasteiger partial charge in [0.1, 0.15) is 5.82 Å². The highest BCUT2D eigenvalue weighted by Crippen LogP contribution is 2.07. The van der Waals surface area contributed by atoms with Crippen molar-refractivity contribution in [2.45, 2.75) is 0 Å². The summed E-state index contributed by atoms with van der Waals surface area (Å²) in [6, 6.07) is 9.21. The maximum atomic E-state index is 12.8. The minimum absolute atomic E-state index is 0.180. The first-order valence-electron chi connectivity index (χ1n) is 5.57. The van der Waals surface area contributed by atoms with Gasteiger partial charge in [-0.3, -0.25) is 0 Å². The third-order valence-electron chi connectivity index (χ3n) is 2.65. The molecule has 18 heavy (non-hydrogen) atoms. The Morgan fingerprint density at radius 1 is 1.06 bits per heavy atom. The van der Waals surface area contributed by atoms with Crippen molar-refractivity contribution in [3.05, 3.63) is 60.2 Å². The number of hydrogen-bond acceptors (Lipinski definition) is 2. The summed E-state index contributed by atoms with van der Waals surface area (Å²) < 4.78 is 14.2. The maximum absolute atomic E-state index is 12.8. The van der Waals surface area contributed by atoms with Crippen LogP contribution < -0.4 is 9.47 Å². The van der Waals surface area contributed by atoms with Gasteiger partial charge in [-0.05, 0) is 24.3 Å². The van der Waals surface area contributed by atoms with Crippen LogP contribution in [0.1, 0.15) is 10.4 Å². The van der Waals surface area contributed by atoms with Crippen molar-refractivity contribution in [2.24, 2.45) is 0 Å². The molecular formula is C14H14FN2O+. The van der Waals surface area contributed by atoms with E-state index in [0.29, 0.717) is 5.56 Å². The van der Waals surface area contributed by atoms with Crippen molar-refractivity contribution in [3.63, 3.8) is 0 Å². The Labute approximate surface area is 105 Å². The lowest BCUT2D eigenvalue weighted by Gasteiger charge is -2.09. The lowest BCUT2D eigenvalue weighted by atomic mass is 10.2. The van der Waals surface area contributed by atoms with E-state index in [2.05, 4.69) is 0 Å². The summed E-state index contributed by atoms with van der Waals surface area (Å²) in [7, 11) is 3.86. The number of carbonyl (C=O) groups is 1. The van der Waals surface area contributed by atoms with Gasteiger partial charge in [-0.25, -0.2) is 9.18 Å². The average Bonchev–Trinajstić information content (AvgIpc) is 2.39. The van der Waals surface area contributed by atoms with Crippen LogP contribution >= 0.6 is 0 Å². The van der Waals surface area contributed by atoms with Gasteiger partial charge in [0.05, 0.1) is 5.56 Å². The van der Waals surface area contributed by atoms with E-state index in [1.165, 1.54) is 28.8 Å². The van der Waals surface area contributed by atoms with Crippen LogP contribution in [0.5, 0.6) is 0 Å². The maximum Gasteiger partial charge on any atom is 0.424 e. The van der Waals surface area contributed by atoms with Crippen LogP contribution in [0.2, 0.25) is 0 Å². The van der Waals surface area contributed by atoms with E-state index in [1.54, 1.807) is 12.4 Å². The van der Waals surface area contributed by atoms with E-state index in [9.17, 15) is 9.18 Å². The van der Waals surface area contributed by atoms with Crippen molar-refractivity contribution in [2.75, 3.05) is 19.0 Å². The second-order valence-electron chi connectivity index (χ2n) is 4.17. The molecule has 0 N–H and O–H groups in total. The SMILES string of the molecule is CN(C)c1cc[n+](C(=O)c2ccc(F)cc2)cc1. The number of halogens is 1. The second-order valence-corrected chi connectivity index (χ2v) is 4.17. The molecule has 0 fully saturated rings. The Kier molecular flexibility index (Phi) is 3.37. The number of nitrogens with zero attached hydrogens (tertiary/aromatic N) is 2. The second kappa shape index (κ2) is 4.96. The summed E-state index contributed by atoms with van der Waals surface area (Å²) in [5.74, 6) is -0.528. The monoisotopic (exact) mass is 245 g/mol. The predicted molar refractivity (Wildman–Crippen MR) is 67.1 cm³/mol. The topological polar surface area (TPSA) is 24.2 Å². The van der Waals surface area contributed by atoms with Crippen LogP contribution in [0.25, 0.3) is 0 Å². The normalized spacial score (nSPS) is 10.2. The smallest absolute Gasteiger partial charge is 0.377 e. The zero-order valence-corrected chi connectivity index (χ0v) is 10.3. The largest absolute Gasteiger partial charge is 0.424 e. The summed E-state index contributed by atoms with van der Waals surface area (Å²) in [5.41, 5.74) is 1.47. The molecule has 0 amide bonds. The third kappa shape index (κ3) is 2.53. The first-order valence-corrected chi connectivity index (χ1v) is 5.57. The van der Waals surface area contributed by atoms with Crippen molar-refractivity contribution in [1.29, 1.82) is 0 Å². The summed E-state index contributed by atoms with van der Waals surface area (Å²) in [6.45, 7) is 0. The third-order valence-corrected chi connectivity index (χ3v) is 2.65. The van der Waals surface area contributed by atoms with E-state index < -0.39 is 0 Å². The van der Waals surface area contributed by atoms with Crippen LogP contribution in [-0.2, 0) is 0 Å². The summed E-state index contributed by atoms with van der Waals surface area (Å²) in [6.07, 6.45) is 3.39. The number of benzene rings is 1. The van der Waals surface area contributed by atoms with Gasteiger partial charge in [-0.15, -0.1) is 4.57 Å². The fourth-order valence-electron chi connectivity index (χ4n) is 1.59. The number of hydrogen-bond donors (Lipinski definition) is 0. The van der Waals surface area contributed by atoms with Crippen molar-refractivity contribution < 1.29 is 13.8 Å². The van der Waals surface area contributed by atoms with Crippen LogP contribution in [0.3, 0.4) is 0 Å². The Morgan fingerprint density at radius 2 is 1.61 bits per heavy atom. The quantitative estimate of drug-likeness (QED) is 0.754. The van der Waals surface area contributed by atoms with E-state index >= 15 is 0 Å². The highest BCUT2D eigenvalue weighted by atomic mass is 19.1. The van der Waals surface area contributed by atoms with Crippen molar-refractivity contribution in [3.8, 4) is 0 Å². The number of rotatable bonds is 2. The Bertz CT molecular complexity index is 547. The minimum Gasteiger partial charge on any atom is -0.377 e. The molecule has 0 bridgehead atoms. The summed E-state index contributed by atoms with van der Waals surface area (Å²) in [4.78, 5) is 14.0. The molecule has 0 aliphatic heterocycles. The Morgan fingerprint density at radius 3 is 2.11 bits per heavy atom. The zero-order chi connectivity index (χ0) is 13.1. The highest BCUT2D eigenvalue weighted by Gasteiger charge is 2.16. The average molecular weight is 245 g/mol. The van der Waals surface area contributed by atoms with Gasteiger partial charge >= 0.3 is 5.91 Å². The lowest BCUT2D eigenvalue weighted by molar-refractivity contribution is -0.570. The van der Waals surface area contributed by atoms with Crippen LogP contribution in [0, 0.1) is 5.82 Å². The molecule has 2 rings (SSSR count). The molecule has 0 spiro atoms. The van der Waals surface area contributed by atoms with E-state index in [0.717, 1.165) is 5.69 Å². The summed E-state index contributed by atoms with van der Waals surface area (Å²) >= 11 is 0. The van der Waals surface area contributed by atoms with E-state index in [4.69, 9.17) is 0 Å². The van der Waals surface area contributed by atoms with E-state index in [-0.39, 0.29) is 11.7 Å². The molecule has 0 saturated heterocycles. The van der Waals surface area contributed by atoms with Gasteiger partial charge in [-0.1, -0.05) is 0 Å². The number of pyridine rings is 1. The fraction of sp³-hybridized carbons (Fsp3) is 0.143. The molecule has 0 aliphatic carbocycles. The van der Waals surface area contributed by atoms with E-state index in [1.807, 2.05) is 31.1 Å². The first-order chi connectivity index (χ1) is 8.58. The highest BCUT2D eigenvalue weighted by molar-refractivity contribution is 5.87. The van der Waals surface area contributed by atoms with Gasteiger partial charge < -0.3 is 4.90 Å². The van der Waals surface area contributed by atoms with Gasteiger partial charge in [-0.2, -0.15) is 0 Å². The van der Waals surface area contributed by atoms with Gasteiger partial charge in [0.25, 0.3) is 0 Å². The van der Waals surface area contributed by atoms with Crippen molar-refractivity contribution in [1.82, 2.24) is 0 Å². The molecule has 0 aliphatic rings. The number of carbonyl (C=O) groups excluding carboxylic acids is 1. The Hall–Kier alpha value is -2.23. The molecule has 1 heterocycles. The number of anilines is 1. The molecular weight excluding hydrogens is 231 g/mol. The van der Waals surface area contributed by atoms with Gasteiger partial charge in [0, 0.05) is 31.9 Å². The standard InChI is InChI=1S/C14H14FN2O/c1-16(2)13-7-9-17(10-8-13)14(18)11-3-5-12(15)6-4-11/h3-10H,1-2H3/q+1. The summed E-state index contributed by atoms with van der Waals surface area (Å²) in [5, 5.41) is 0. The van der Waals surface area contributed by atoms with Gasteiger partial charge in [0.2, 0.25) is 0 Å². The minimum atomic E-state index is -0.348. The molecule has 3 nitrogen and oxygen atoms in total.